The summed E-state index contributed by atoms with van der Waals surface area (Å²) in [6.45, 7) is 4.92. The number of carbonyl (C=O) groups excluding carboxylic acids is 1. The molecule has 140 valence electrons. The van der Waals surface area contributed by atoms with Crippen molar-refractivity contribution < 1.29 is 19.1 Å². The lowest BCUT2D eigenvalue weighted by atomic mass is 9.94. The summed E-state index contributed by atoms with van der Waals surface area (Å²) in [6, 6.07) is 13.0. The number of carbonyl (C=O) groups is 2. The number of para-hydroxylation sites is 1. The fourth-order valence-electron chi connectivity index (χ4n) is 2.47. The Bertz CT molecular complexity index is 970. The van der Waals surface area contributed by atoms with Gasteiger partial charge in [0.15, 0.2) is 5.76 Å². The lowest BCUT2D eigenvalue weighted by molar-refractivity contribution is -0.146. The highest BCUT2D eigenvalue weighted by Crippen LogP contribution is 2.26. The molecule has 2 aromatic heterocycles. The van der Waals surface area contributed by atoms with Crippen molar-refractivity contribution in [3.8, 4) is 17.1 Å². The Morgan fingerprint density at radius 3 is 2.48 bits per heavy atom. The normalized spacial score (nSPS) is 11.4. The lowest BCUT2D eigenvalue weighted by Crippen LogP contribution is -2.38. The Hall–Kier alpha value is -3.35. The molecule has 0 radical (unpaired) electrons. The van der Waals surface area contributed by atoms with Crippen LogP contribution in [-0.2, 0) is 4.79 Å². The smallest absolute Gasteiger partial charge is 0.310 e. The van der Waals surface area contributed by atoms with Crippen molar-refractivity contribution >= 4 is 11.9 Å². The number of hydrogen-bond donors (Lipinski definition) is 2. The van der Waals surface area contributed by atoms with E-state index in [9.17, 15) is 14.7 Å². The van der Waals surface area contributed by atoms with Gasteiger partial charge >= 0.3 is 5.97 Å². The summed E-state index contributed by atoms with van der Waals surface area (Å²) in [5.41, 5.74) is 0.436. The predicted molar refractivity (Wildman–Crippen MR) is 99.8 cm³/mol. The van der Waals surface area contributed by atoms with Crippen molar-refractivity contribution in [1.82, 2.24) is 15.1 Å². The van der Waals surface area contributed by atoms with Crippen LogP contribution in [0.5, 0.6) is 0 Å². The second-order valence-electron chi connectivity index (χ2n) is 6.95. The minimum absolute atomic E-state index is 0.00565. The molecule has 0 aliphatic carbocycles. The number of hydrogen-bond acceptors (Lipinski definition) is 4. The molecule has 0 atom stereocenters. The van der Waals surface area contributed by atoms with E-state index in [1.165, 1.54) is 0 Å². The largest absolute Gasteiger partial charge is 0.481 e. The van der Waals surface area contributed by atoms with E-state index in [-0.39, 0.29) is 6.54 Å². The second kappa shape index (κ2) is 7.11. The van der Waals surface area contributed by atoms with Crippen molar-refractivity contribution in [3.63, 3.8) is 0 Å². The molecule has 7 heteroatoms. The molecule has 7 nitrogen and oxygen atoms in total. The molecule has 0 aliphatic heterocycles. The highest BCUT2D eigenvalue weighted by atomic mass is 16.4. The molecule has 2 heterocycles. The molecule has 0 spiro atoms. The Morgan fingerprint density at radius 1 is 1.19 bits per heavy atom. The minimum atomic E-state index is -1.08. The van der Waals surface area contributed by atoms with Gasteiger partial charge in [-0.15, -0.1) is 0 Å². The zero-order valence-corrected chi connectivity index (χ0v) is 15.4. The SMILES string of the molecule is Cc1ccc(-c2nn(-c3ccccc3)cc2C(=O)NCC(C)(C)C(=O)O)o1. The fraction of sp³-hybridized carbons (Fsp3) is 0.250. The van der Waals surface area contributed by atoms with E-state index >= 15 is 0 Å². The average molecular weight is 367 g/mol. The van der Waals surface area contributed by atoms with Crippen LogP contribution in [0.15, 0.2) is 53.1 Å². The maximum atomic E-state index is 12.8. The number of carboxylic acid groups (broad SMARTS) is 1. The second-order valence-corrected chi connectivity index (χ2v) is 6.95. The van der Waals surface area contributed by atoms with E-state index in [1.807, 2.05) is 37.3 Å². The van der Waals surface area contributed by atoms with E-state index in [1.54, 1.807) is 36.9 Å². The molecule has 27 heavy (non-hydrogen) atoms. The number of carboxylic acids is 1. The van der Waals surface area contributed by atoms with Crippen molar-refractivity contribution in [2.45, 2.75) is 20.8 Å². The van der Waals surface area contributed by atoms with Crippen LogP contribution < -0.4 is 5.32 Å². The molecule has 3 rings (SSSR count). The number of benzene rings is 1. The van der Waals surface area contributed by atoms with Crippen molar-refractivity contribution in [2.75, 3.05) is 6.54 Å². The van der Waals surface area contributed by atoms with Crippen LogP contribution >= 0.6 is 0 Å². The molecule has 1 amide bonds. The molecule has 0 fully saturated rings. The number of nitrogens with zero attached hydrogens (tertiary/aromatic N) is 2. The van der Waals surface area contributed by atoms with Crippen LogP contribution in [0.2, 0.25) is 0 Å². The quantitative estimate of drug-likeness (QED) is 0.697. The van der Waals surface area contributed by atoms with Crippen LogP contribution in [0.3, 0.4) is 0 Å². The van der Waals surface area contributed by atoms with Gasteiger partial charge in [-0.05, 0) is 45.0 Å². The first-order valence-electron chi connectivity index (χ1n) is 8.51. The summed E-state index contributed by atoms with van der Waals surface area (Å²) in [5.74, 6) is -0.206. The predicted octanol–water partition coefficient (Wildman–Crippen LogP) is 3.28. The fourth-order valence-corrected chi connectivity index (χ4v) is 2.47. The molecule has 2 N–H and O–H groups in total. The standard InChI is InChI=1S/C20H21N3O4/c1-13-9-10-16(27-13)17-15(18(24)21-12-20(2,3)19(25)26)11-23(22-17)14-7-5-4-6-8-14/h4-11H,12H2,1-3H3,(H,21,24)(H,25,26). The lowest BCUT2D eigenvalue weighted by Gasteiger charge is -2.19. The third-order valence-electron chi connectivity index (χ3n) is 4.22. The molecular weight excluding hydrogens is 346 g/mol. The first-order valence-corrected chi connectivity index (χ1v) is 8.51. The van der Waals surface area contributed by atoms with Gasteiger partial charge in [0.1, 0.15) is 11.5 Å². The number of aliphatic carboxylic acids is 1. The summed E-state index contributed by atoms with van der Waals surface area (Å²) in [7, 11) is 0. The first kappa shape index (κ1) is 18.4. The Labute approximate surface area is 156 Å². The average Bonchev–Trinajstić information content (AvgIpc) is 3.26. The van der Waals surface area contributed by atoms with Crippen LogP contribution in [-0.4, -0.2) is 33.3 Å². The zero-order valence-electron chi connectivity index (χ0n) is 15.4. The van der Waals surface area contributed by atoms with Gasteiger partial charge in [0, 0.05) is 12.7 Å². The highest BCUT2D eigenvalue weighted by Gasteiger charge is 2.29. The maximum absolute atomic E-state index is 12.8. The third-order valence-corrected chi connectivity index (χ3v) is 4.22. The number of rotatable bonds is 6. The minimum Gasteiger partial charge on any atom is -0.481 e. The Morgan fingerprint density at radius 2 is 1.89 bits per heavy atom. The van der Waals surface area contributed by atoms with Crippen LogP contribution in [0.25, 0.3) is 17.1 Å². The van der Waals surface area contributed by atoms with Crippen molar-refractivity contribution in [3.05, 3.63) is 60.0 Å². The molecule has 0 unspecified atom stereocenters. The summed E-state index contributed by atoms with van der Waals surface area (Å²) >= 11 is 0. The van der Waals surface area contributed by atoms with Gasteiger partial charge in [0.2, 0.25) is 0 Å². The first-order chi connectivity index (χ1) is 12.8. The summed E-state index contributed by atoms with van der Waals surface area (Å²) < 4.78 is 7.24. The summed E-state index contributed by atoms with van der Waals surface area (Å²) in [4.78, 5) is 24.0. The Kier molecular flexibility index (Phi) is 4.85. The number of aromatic nitrogens is 2. The van der Waals surface area contributed by atoms with Gasteiger partial charge in [0.25, 0.3) is 5.91 Å². The number of amides is 1. The molecule has 3 aromatic rings. The maximum Gasteiger partial charge on any atom is 0.310 e. The molecule has 1 aromatic carbocycles. The third kappa shape index (κ3) is 3.92. The van der Waals surface area contributed by atoms with Crippen molar-refractivity contribution in [1.29, 1.82) is 0 Å². The number of aryl methyl sites for hydroxylation is 1. The zero-order chi connectivity index (χ0) is 19.6. The number of furan rings is 1. The molecule has 0 saturated carbocycles. The van der Waals surface area contributed by atoms with E-state index in [4.69, 9.17) is 4.42 Å². The number of nitrogens with one attached hydrogen (secondary N) is 1. The molecule has 0 saturated heterocycles. The monoisotopic (exact) mass is 367 g/mol. The summed E-state index contributed by atoms with van der Waals surface area (Å²) in [6.07, 6.45) is 1.62. The topological polar surface area (TPSA) is 97.4 Å². The Balaban J connectivity index is 1.96. The van der Waals surface area contributed by atoms with Crippen LogP contribution in [0.4, 0.5) is 0 Å². The van der Waals surface area contributed by atoms with Crippen LogP contribution in [0, 0.1) is 12.3 Å². The molecule has 0 bridgehead atoms. The summed E-state index contributed by atoms with van der Waals surface area (Å²) in [5, 5.41) is 16.4. The highest BCUT2D eigenvalue weighted by molar-refractivity contribution is 5.99. The van der Waals surface area contributed by atoms with Crippen LogP contribution in [0.1, 0.15) is 30.0 Å². The van der Waals surface area contributed by atoms with Gasteiger partial charge in [-0.2, -0.15) is 5.10 Å². The van der Waals surface area contributed by atoms with E-state index in [2.05, 4.69) is 10.4 Å². The van der Waals surface area contributed by atoms with Gasteiger partial charge in [-0.3, -0.25) is 9.59 Å². The molecular formula is C20H21N3O4. The van der Waals surface area contributed by atoms with Gasteiger partial charge < -0.3 is 14.8 Å². The van der Waals surface area contributed by atoms with Gasteiger partial charge in [-0.1, -0.05) is 18.2 Å². The van der Waals surface area contributed by atoms with E-state index < -0.39 is 17.3 Å². The van der Waals surface area contributed by atoms with E-state index in [0.717, 1.165) is 5.69 Å². The van der Waals surface area contributed by atoms with E-state index in [0.29, 0.717) is 22.8 Å². The molecule has 0 aliphatic rings. The van der Waals surface area contributed by atoms with Crippen molar-refractivity contribution in [2.24, 2.45) is 5.41 Å². The van der Waals surface area contributed by atoms with Gasteiger partial charge in [-0.25, -0.2) is 4.68 Å². The van der Waals surface area contributed by atoms with Gasteiger partial charge in [0.05, 0.1) is 16.7 Å².